The van der Waals surface area contributed by atoms with Crippen LogP contribution in [0.25, 0.3) is 6.08 Å². The number of ketones is 1. The lowest BCUT2D eigenvalue weighted by molar-refractivity contribution is 0.0949. The number of phenols is 1. The van der Waals surface area contributed by atoms with E-state index in [9.17, 15) is 14.7 Å². The fourth-order valence-electron chi connectivity index (χ4n) is 2.52. The lowest BCUT2D eigenvalue weighted by Gasteiger charge is -2.06. The second-order valence-corrected chi connectivity index (χ2v) is 6.03. The van der Waals surface area contributed by atoms with Crippen molar-refractivity contribution >= 4 is 17.8 Å². The van der Waals surface area contributed by atoms with Crippen molar-refractivity contribution in [2.45, 2.75) is 6.54 Å². The molecule has 3 aromatic rings. The number of nitrogens with one attached hydrogen (secondary N) is 1. The maximum atomic E-state index is 12.2. The van der Waals surface area contributed by atoms with Crippen molar-refractivity contribution in [2.24, 2.45) is 0 Å². The van der Waals surface area contributed by atoms with Crippen LogP contribution in [0.1, 0.15) is 31.8 Å². The molecule has 0 saturated heterocycles. The van der Waals surface area contributed by atoms with Crippen molar-refractivity contribution in [2.75, 3.05) is 0 Å². The Hall–Kier alpha value is -3.66. The van der Waals surface area contributed by atoms with Crippen LogP contribution in [0.2, 0.25) is 0 Å². The average Bonchev–Trinajstić information content (AvgIpc) is 2.72. The van der Waals surface area contributed by atoms with Gasteiger partial charge in [-0.15, -0.1) is 0 Å². The normalized spacial score (nSPS) is 10.7. The first-order valence-corrected chi connectivity index (χ1v) is 8.55. The minimum atomic E-state index is -0.220. The highest BCUT2D eigenvalue weighted by Gasteiger charge is 2.07. The Bertz CT molecular complexity index is 943. The van der Waals surface area contributed by atoms with Crippen LogP contribution >= 0.6 is 0 Å². The van der Waals surface area contributed by atoms with Gasteiger partial charge in [0.05, 0.1) is 0 Å². The summed E-state index contributed by atoms with van der Waals surface area (Å²) in [5.74, 6) is -0.150. The maximum Gasteiger partial charge on any atom is 0.251 e. The second kappa shape index (κ2) is 8.63. The van der Waals surface area contributed by atoms with Gasteiger partial charge < -0.3 is 10.4 Å². The first kappa shape index (κ1) is 18.1. The second-order valence-electron chi connectivity index (χ2n) is 6.03. The minimum Gasteiger partial charge on any atom is -0.508 e. The van der Waals surface area contributed by atoms with E-state index in [2.05, 4.69) is 5.32 Å². The topological polar surface area (TPSA) is 66.4 Å². The molecule has 3 aromatic carbocycles. The zero-order valence-corrected chi connectivity index (χ0v) is 14.6. The molecule has 2 N–H and O–H groups in total. The highest BCUT2D eigenvalue weighted by molar-refractivity contribution is 6.07. The van der Waals surface area contributed by atoms with Gasteiger partial charge in [0.1, 0.15) is 5.75 Å². The van der Waals surface area contributed by atoms with Crippen molar-refractivity contribution in [3.63, 3.8) is 0 Å². The third kappa shape index (κ3) is 5.16. The van der Waals surface area contributed by atoms with Crippen molar-refractivity contribution in [1.29, 1.82) is 0 Å². The lowest BCUT2D eigenvalue weighted by atomic mass is 10.1. The molecule has 0 fully saturated rings. The van der Waals surface area contributed by atoms with E-state index >= 15 is 0 Å². The fraction of sp³-hybridized carbons (Fsp3) is 0.0435. The molecule has 0 spiro atoms. The Labute approximate surface area is 157 Å². The standard InChI is InChI=1S/C23H19NO3/c25-21-13-6-18(7-14-21)16-24-23(27)20-11-9-19(10-12-20)22(26)15-8-17-4-2-1-3-5-17/h1-15,25H,16H2,(H,24,27). The van der Waals surface area contributed by atoms with E-state index in [0.717, 1.165) is 11.1 Å². The summed E-state index contributed by atoms with van der Waals surface area (Å²) in [6.45, 7) is 0.361. The first-order chi connectivity index (χ1) is 13.1. The fourth-order valence-corrected chi connectivity index (χ4v) is 2.52. The maximum absolute atomic E-state index is 12.2. The van der Waals surface area contributed by atoms with Gasteiger partial charge in [-0.2, -0.15) is 0 Å². The van der Waals surface area contributed by atoms with E-state index in [1.807, 2.05) is 30.3 Å². The molecule has 0 radical (unpaired) electrons. The number of amides is 1. The van der Waals surface area contributed by atoms with Crippen molar-refractivity contribution in [3.8, 4) is 5.75 Å². The molecular formula is C23H19NO3. The predicted molar refractivity (Wildman–Crippen MR) is 106 cm³/mol. The number of rotatable bonds is 6. The van der Waals surface area contributed by atoms with Gasteiger partial charge in [-0.25, -0.2) is 0 Å². The number of phenolic OH excluding ortho intramolecular Hbond substituents is 1. The molecule has 0 aliphatic carbocycles. The van der Waals surface area contributed by atoms with E-state index in [1.54, 1.807) is 54.6 Å². The van der Waals surface area contributed by atoms with E-state index < -0.39 is 0 Å². The quantitative estimate of drug-likeness (QED) is 0.513. The Balaban J connectivity index is 1.59. The van der Waals surface area contributed by atoms with E-state index in [4.69, 9.17) is 0 Å². The van der Waals surface area contributed by atoms with Gasteiger partial charge in [-0.05, 0) is 41.5 Å². The molecule has 0 aliphatic heterocycles. The molecule has 1 amide bonds. The summed E-state index contributed by atoms with van der Waals surface area (Å²) in [4.78, 5) is 24.4. The summed E-state index contributed by atoms with van der Waals surface area (Å²) in [6, 6.07) is 22.8. The van der Waals surface area contributed by atoms with Gasteiger partial charge in [-0.3, -0.25) is 9.59 Å². The molecule has 0 atom stereocenters. The summed E-state index contributed by atoms with van der Waals surface area (Å²) >= 11 is 0. The molecule has 0 saturated carbocycles. The van der Waals surface area contributed by atoms with Crippen LogP contribution in [-0.4, -0.2) is 16.8 Å². The van der Waals surface area contributed by atoms with Crippen LogP contribution in [0.4, 0.5) is 0 Å². The largest absolute Gasteiger partial charge is 0.508 e. The van der Waals surface area contributed by atoms with E-state index in [-0.39, 0.29) is 17.4 Å². The summed E-state index contributed by atoms with van der Waals surface area (Å²) in [5, 5.41) is 12.1. The van der Waals surface area contributed by atoms with E-state index in [1.165, 1.54) is 6.08 Å². The van der Waals surface area contributed by atoms with Gasteiger partial charge in [0.2, 0.25) is 0 Å². The van der Waals surface area contributed by atoms with Gasteiger partial charge >= 0.3 is 0 Å². The zero-order chi connectivity index (χ0) is 19.1. The molecule has 0 unspecified atom stereocenters. The Kier molecular flexibility index (Phi) is 5.80. The molecular weight excluding hydrogens is 338 g/mol. The summed E-state index contributed by atoms with van der Waals surface area (Å²) in [6.07, 6.45) is 3.29. The van der Waals surface area contributed by atoms with Crippen molar-refractivity contribution < 1.29 is 14.7 Å². The highest BCUT2D eigenvalue weighted by Crippen LogP contribution is 2.11. The summed E-state index contributed by atoms with van der Waals surface area (Å²) in [7, 11) is 0. The smallest absolute Gasteiger partial charge is 0.251 e. The molecule has 0 aliphatic rings. The molecule has 27 heavy (non-hydrogen) atoms. The zero-order valence-electron chi connectivity index (χ0n) is 14.6. The number of aromatic hydroxyl groups is 1. The number of allylic oxidation sites excluding steroid dienone is 1. The minimum absolute atomic E-state index is 0.116. The molecule has 134 valence electrons. The van der Waals surface area contributed by atoms with Gasteiger partial charge in [0.25, 0.3) is 5.91 Å². The third-order valence-corrected chi connectivity index (χ3v) is 4.05. The van der Waals surface area contributed by atoms with Gasteiger partial charge in [-0.1, -0.05) is 60.7 Å². The Morgan fingerprint density at radius 1 is 0.815 bits per heavy atom. The molecule has 4 nitrogen and oxygen atoms in total. The lowest BCUT2D eigenvalue weighted by Crippen LogP contribution is -2.22. The third-order valence-electron chi connectivity index (χ3n) is 4.05. The van der Waals surface area contributed by atoms with Crippen molar-refractivity contribution in [3.05, 3.63) is 107 Å². The van der Waals surface area contributed by atoms with Gasteiger partial charge in [0.15, 0.2) is 5.78 Å². The van der Waals surface area contributed by atoms with Crippen LogP contribution < -0.4 is 5.32 Å². The Morgan fingerprint density at radius 3 is 2.11 bits per heavy atom. The number of hydrogen-bond donors (Lipinski definition) is 2. The Morgan fingerprint density at radius 2 is 1.44 bits per heavy atom. The molecule has 0 aromatic heterocycles. The SMILES string of the molecule is O=C(C=Cc1ccccc1)c1ccc(C(=O)NCc2ccc(O)cc2)cc1. The molecule has 0 bridgehead atoms. The summed E-state index contributed by atoms with van der Waals surface area (Å²) < 4.78 is 0. The van der Waals surface area contributed by atoms with Crippen LogP contribution in [0.5, 0.6) is 5.75 Å². The van der Waals surface area contributed by atoms with Crippen molar-refractivity contribution in [1.82, 2.24) is 5.32 Å². The average molecular weight is 357 g/mol. The number of carbonyl (C=O) groups is 2. The summed E-state index contributed by atoms with van der Waals surface area (Å²) in [5.41, 5.74) is 2.85. The predicted octanol–water partition coefficient (Wildman–Crippen LogP) is 4.22. The number of benzene rings is 3. The van der Waals surface area contributed by atoms with Crippen LogP contribution in [-0.2, 0) is 6.54 Å². The van der Waals surface area contributed by atoms with E-state index in [0.29, 0.717) is 17.7 Å². The highest BCUT2D eigenvalue weighted by atomic mass is 16.3. The van der Waals surface area contributed by atoms with Gasteiger partial charge in [0, 0.05) is 17.7 Å². The monoisotopic (exact) mass is 357 g/mol. The molecule has 0 heterocycles. The molecule has 4 heteroatoms. The van der Waals surface area contributed by atoms with Crippen LogP contribution in [0, 0.1) is 0 Å². The molecule has 3 rings (SSSR count). The number of carbonyl (C=O) groups excluding carboxylic acids is 2. The first-order valence-electron chi connectivity index (χ1n) is 8.55. The number of hydrogen-bond acceptors (Lipinski definition) is 3. The van der Waals surface area contributed by atoms with Crippen LogP contribution in [0.3, 0.4) is 0 Å². The van der Waals surface area contributed by atoms with Crippen LogP contribution in [0.15, 0.2) is 84.9 Å².